The van der Waals surface area contributed by atoms with Gasteiger partial charge in [0.25, 0.3) is 0 Å². The van der Waals surface area contributed by atoms with E-state index in [1.54, 1.807) is 19.2 Å². The van der Waals surface area contributed by atoms with Gasteiger partial charge in [-0.05, 0) is 36.2 Å². The number of amides is 1. The topological polar surface area (TPSA) is 129 Å². The van der Waals surface area contributed by atoms with Gasteiger partial charge >= 0.3 is 0 Å². The Kier molecular flexibility index (Phi) is 7.31. The highest BCUT2D eigenvalue weighted by Crippen LogP contribution is 2.25. The molecule has 0 saturated heterocycles. The predicted octanol–water partition coefficient (Wildman–Crippen LogP) is 1.59. The Morgan fingerprint density at radius 2 is 1.94 bits per heavy atom. The number of nitrogens with two attached hydrogens (primary N) is 1. The third-order valence-corrected chi connectivity index (χ3v) is 6.43. The molecule has 0 aliphatic carbocycles. The zero-order valence-corrected chi connectivity index (χ0v) is 18.7. The number of carbonyl (C=O) groups is 1. The molecule has 0 saturated carbocycles. The molecule has 1 amide bonds. The van der Waals surface area contributed by atoms with E-state index in [0.717, 1.165) is 16.9 Å². The van der Waals surface area contributed by atoms with Gasteiger partial charge < -0.3 is 14.6 Å². The normalized spacial score (nSPS) is 11.3. The first kappa shape index (κ1) is 22.8. The largest absolute Gasteiger partial charge is 0.497 e. The highest BCUT2D eigenvalue weighted by molar-refractivity contribution is 7.99. The zero-order valence-electron chi connectivity index (χ0n) is 17.1. The molecule has 0 spiro atoms. The number of ether oxygens (including phenoxy) is 1. The van der Waals surface area contributed by atoms with E-state index in [9.17, 15) is 13.2 Å². The minimum absolute atomic E-state index is 0.0636. The second kappa shape index (κ2) is 9.94. The second-order valence-corrected chi connectivity index (χ2v) is 9.18. The molecule has 3 rings (SSSR count). The Morgan fingerprint density at radius 3 is 2.61 bits per heavy atom. The van der Waals surface area contributed by atoms with Gasteiger partial charge in [0.15, 0.2) is 11.0 Å². The fourth-order valence-electron chi connectivity index (χ4n) is 2.83. The van der Waals surface area contributed by atoms with Crippen LogP contribution < -0.4 is 15.2 Å². The van der Waals surface area contributed by atoms with Crippen LogP contribution in [0.15, 0.2) is 58.6 Å². The number of rotatable bonds is 9. The van der Waals surface area contributed by atoms with Gasteiger partial charge in [0.2, 0.25) is 15.9 Å². The van der Waals surface area contributed by atoms with Gasteiger partial charge in [0.1, 0.15) is 5.75 Å². The lowest BCUT2D eigenvalue weighted by molar-refractivity contribution is -0.118. The van der Waals surface area contributed by atoms with Crippen LogP contribution in [0.2, 0.25) is 0 Å². The molecule has 2 aromatic carbocycles. The van der Waals surface area contributed by atoms with Gasteiger partial charge in [0, 0.05) is 19.2 Å². The molecule has 164 valence electrons. The number of benzene rings is 2. The van der Waals surface area contributed by atoms with Crippen molar-refractivity contribution in [3.05, 3.63) is 54.1 Å². The van der Waals surface area contributed by atoms with Gasteiger partial charge in [-0.15, -0.1) is 10.2 Å². The lowest BCUT2D eigenvalue weighted by Gasteiger charge is -2.07. The summed E-state index contributed by atoms with van der Waals surface area (Å²) in [5.41, 5.74) is 1.77. The van der Waals surface area contributed by atoms with E-state index >= 15 is 0 Å². The summed E-state index contributed by atoms with van der Waals surface area (Å²) in [5.74, 6) is 1.49. The van der Waals surface area contributed by atoms with Crippen LogP contribution in [-0.4, -0.2) is 48.5 Å². The zero-order chi connectivity index (χ0) is 22.4. The van der Waals surface area contributed by atoms with Crippen molar-refractivity contribution in [2.75, 3.05) is 19.4 Å². The number of aromatic nitrogens is 3. The average Bonchev–Trinajstić information content (AvgIpc) is 3.12. The van der Waals surface area contributed by atoms with E-state index in [2.05, 4.69) is 15.5 Å². The number of primary sulfonamides is 1. The smallest absolute Gasteiger partial charge is 0.238 e. The number of sulfonamides is 1. The Hall–Kier alpha value is -2.89. The van der Waals surface area contributed by atoms with Gasteiger partial charge in [-0.3, -0.25) is 4.79 Å². The molecule has 1 aromatic heterocycles. The number of methoxy groups -OCH3 is 1. The van der Waals surface area contributed by atoms with Gasteiger partial charge in [-0.25, -0.2) is 13.6 Å². The van der Waals surface area contributed by atoms with Crippen molar-refractivity contribution in [1.82, 2.24) is 20.1 Å². The SMILES string of the molecule is COc1cccc(-c2nnc(SCC(=O)NCCc3ccc(S(N)(=O)=O)cc3)n2C)c1. The summed E-state index contributed by atoms with van der Waals surface area (Å²) in [6, 6.07) is 13.8. The van der Waals surface area contributed by atoms with Crippen molar-refractivity contribution in [2.45, 2.75) is 16.5 Å². The predicted molar refractivity (Wildman–Crippen MR) is 118 cm³/mol. The summed E-state index contributed by atoms with van der Waals surface area (Å²) >= 11 is 1.30. The van der Waals surface area contributed by atoms with Crippen molar-refractivity contribution >= 4 is 27.7 Å². The summed E-state index contributed by atoms with van der Waals surface area (Å²) in [6.45, 7) is 0.433. The highest BCUT2D eigenvalue weighted by atomic mass is 32.2. The van der Waals surface area contributed by atoms with Crippen LogP contribution in [0.25, 0.3) is 11.4 Å². The van der Waals surface area contributed by atoms with Crippen molar-refractivity contribution < 1.29 is 17.9 Å². The number of hydrogen-bond donors (Lipinski definition) is 2. The summed E-state index contributed by atoms with van der Waals surface area (Å²) in [5, 5.41) is 16.9. The first-order valence-corrected chi connectivity index (χ1v) is 11.9. The van der Waals surface area contributed by atoms with E-state index in [1.165, 1.54) is 23.9 Å². The molecule has 31 heavy (non-hydrogen) atoms. The van der Waals surface area contributed by atoms with Gasteiger partial charge in [0.05, 0.1) is 17.8 Å². The molecule has 0 aliphatic rings. The first-order chi connectivity index (χ1) is 14.8. The minimum atomic E-state index is -3.70. The second-order valence-electron chi connectivity index (χ2n) is 6.67. The molecule has 0 unspecified atom stereocenters. The van der Waals surface area contributed by atoms with Crippen LogP contribution in [0.1, 0.15) is 5.56 Å². The van der Waals surface area contributed by atoms with E-state index < -0.39 is 10.0 Å². The van der Waals surface area contributed by atoms with Gasteiger partial charge in [-0.1, -0.05) is 36.0 Å². The highest BCUT2D eigenvalue weighted by Gasteiger charge is 2.13. The quantitative estimate of drug-likeness (QED) is 0.463. The summed E-state index contributed by atoms with van der Waals surface area (Å²) in [7, 11) is -0.248. The number of nitrogens with zero attached hydrogens (tertiary/aromatic N) is 3. The maximum atomic E-state index is 12.2. The van der Waals surface area contributed by atoms with Crippen LogP contribution in [-0.2, 0) is 28.3 Å². The number of hydrogen-bond acceptors (Lipinski definition) is 7. The molecule has 0 bridgehead atoms. The molecule has 0 radical (unpaired) electrons. The van der Waals surface area contributed by atoms with E-state index in [0.29, 0.717) is 23.9 Å². The van der Waals surface area contributed by atoms with Crippen LogP contribution in [0, 0.1) is 0 Å². The lowest BCUT2D eigenvalue weighted by Crippen LogP contribution is -2.27. The van der Waals surface area contributed by atoms with Gasteiger partial charge in [-0.2, -0.15) is 0 Å². The van der Waals surface area contributed by atoms with E-state index in [4.69, 9.17) is 9.88 Å². The van der Waals surface area contributed by atoms with Crippen molar-refractivity contribution in [3.63, 3.8) is 0 Å². The summed E-state index contributed by atoms with van der Waals surface area (Å²) in [4.78, 5) is 12.2. The molecule has 1 heterocycles. The molecule has 0 atom stereocenters. The fraction of sp³-hybridized carbons (Fsp3) is 0.250. The minimum Gasteiger partial charge on any atom is -0.497 e. The molecular formula is C20H23N5O4S2. The average molecular weight is 462 g/mol. The Balaban J connectivity index is 1.49. The van der Waals surface area contributed by atoms with Crippen molar-refractivity contribution in [2.24, 2.45) is 12.2 Å². The third kappa shape index (κ3) is 6.06. The summed E-state index contributed by atoms with van der Waals surface area (Å²) < 4.78 is 29.6. The standard InChI is InChI=1S/C20H23N5O4S2/c1-25-19(15-4-3-5-16(12-15)29-2)23-24-20(25)30-13-18(26)22-11-10-14-6-8-17(9-7-14)31(21,27)28/h3-9,12H,10-11,13H2,1-2H3,(H,22,26)(H2,21,27,28). The molecule has 0 fully saturated rings. The number of nitrogens with one attached hydrogen (secondary N) is 1. The molecule has 0 aliphatic heterocycles. The van der Waals surface area contributed by atoms with E-state index in [1.807, 2.05) is 35.9 Å². The van der Waals surface area contributed by atoms with Crippen LogP contribution in [0.5, 0.6) is 5.75 Å². The Morgan fingerprint density at radius 1 is 1.19 bits per heavy atom. The monoisotopic (exact) mass is 461 g/mol. The van der Waals surface area contributed by atoms with Crippen molar-refractivity contribution in [3.8, 4) is 17.1 Å². The Labute approximate surface area is 185 Å². The maximum absolute atomic E-state index is 12.2. The number of carbonyl (C=O) groups excluding carboxylic acids is 1. The first-order valence-electron chi connectivity index (χ1n) is 9.33. The van der Waals surface area contributed by atoms with Crippen LogP contribution >= 0.6 is 11.8 Å². The maximum Gasteiger partial charge on any atom is 0.238 e. The third-order valence-electron chi connectivity index (χ3n) is 4.48. The van der Waals surface area contributed by atoms with Crippen LogP contribution in [0.3, 0.4) is 0 Å². The summed E-state index contributed by atoms with van der Waals surface area (Å²) in [6.07, 6.45) is 0.575. The Bertz CT molecular complexity index is 1160. The van der Waals surface area contributed by atoms with Crippen molar-refractivity contribution in [1.29, 1.82) is 0 Å². The molecular weight excluding hydrogens is 438 g/mol. The molecule has 11 heteroatoms. The molecule has 3 aromatic rings. The molecule has 3 N–H and O–H groups in total. The fourth-order valence-corrected chi connectivity index (χ4v) is 4.08. The lowest BCUT2D eigenvalue weighted by atomic mass is 10.1. The van der Waals surface area contributed by atoms with E-state index in [-0.39, 0.29) is 16.6 Å². The van der Waals surface area contributed by atoms with Crippen LogP contribution in [0.4, 0.5) is 0 Å². The number of thioether (sulfide) groups is 1. The molecule has 9 nitrogen and oxygen atoms in total.